The van der Waals surface area contributed by atoms with Crippen molar-refractivity contribution in [1.29, 1.82) is 0 Å². The third kappa shape index (κ3) is 19.3. The Hall–Kier alpha value is -3.41. The predicted octanol–water partition coefficient (Wildman–Crippen LogP) is 7.65. The van der Waals surface area contributed by atoms with E-state index < -0.39 is 102 Å². The van der Waals surface area contributed by atoms with Gasteiger partial charge in [0.25, 0.3) is 0 Å². The van der Waals surface area contributed by atoms with Crippen molar-refractivity contribution >= 4 is 29.8 Å². The third-order valence-electron chi connectivity index (χ3n) is 12.5. The topological polar surface area (TPSA) is 220 Å². The Kier molecular flexibility index (Phi) is 25.6. The molecule has 380 valence electrons. The van der Waals surface area contributed by atoms with Crippen molar-refractivity contribution in [3.63, 3.8) is 0 Å². The van der Waals surface area contributed by atoms with Crippen LogP contribution in [0.15, 0.2) is 23.8 Å². The van der Waals surface area contributed by atoms with Gasteiger partial charge in [-0.3, -0.25) is 19.2 Å². The summed E-state index contributed by atoms with van der Waals surface area (Å²) < 4.78 is 46.7. The SMILES string of the molecule is C.CCCCCCCCCCCCCC(=O)OCC(C)(C)[C@@H]1C[C@@H]2CCO[C@H](/C=C/C(C)(C)[C@]3(O)O[C@@H](C/C(=C\C(=O)OC)[C@@H]3OC(=O)CC)C[C@H]([C@@H](C)O)OC(=O)C[C@H](O)CC(=O)O1)O2. The zero-order valence-electron chi connectivity index (χ0n) is 40.3. The van der Waals surface area contributed by atoms with Crippen molar-refractivity contribution in [1.82, 2.24) is 0 Å². The minimum absolute atomic E-state index is 0. The Morgan fingerprint density at radius 2 is 1.50 bits per heavy atom. The Morgan fingerprint density at radius 3 is 2.09 bits per heavy atom. The van der Waals surface area contributed by atoms with E-state index in [4.69, 9.17) is 37.9 Å². The first-order chi connectivity index (χ1) is 30.7. The average molecular weight is 941 g/mol. The fourth-order valence-electron chi connectivity index (χ4n) is 8.25. The molecule has 0 aromatic heterocycles. The molecule has 0 amide bonds. The van der Waals surface area contributed by atoms with Crippen molar-refractivity contribution in [2.75, 3.05) is 20.3 Å². The Morgan fingerprint density at radius 1 is 0.894 bits per heavy atom. The summed E-state index contributed by atoms with van der Waals surface area (Å²) in [5, 5.41) is 34.3. The molecule has 9 atom stereocenters. The number of hydrogen-bond acceptors (Lipinski definition) is 16. The van der Waals surface area contributed by atoms with Gasteiger partial charge in [0, 0.05) is 42.6 Å². The zero-order valence-corrected chi connectivity index (χ0v) is 40.3. The highest BCUT2D eigenvalue weighted by atomic mass is 16.7. The van der Waals surface area contributed by atoms with Crippen LogP contribution in [0.2, 0.25) is 0 Å². The van der Waals surface area contributed by atoms with Crippen molar-refractivity contribution in [2.45, 2.75) is 233 Å². The first kappa shape index (κ1) is 58.7. The van der Waals surface area contributed by atoms with E-state index >= 15 is 0 Å². The van der Waals surface area contributed by atoms with E-state index in [0.29, 0.717) is 12.8 Å². The first-order valence-corrected chi connectivity index (χ1v) is 24.0. The largest absolute Gasteiger partial charge is 0.466 e. The van der Waals surface area contributed by atoms with Crippen molar-refractivity contribution in [3.8, 4) is 0 Å². The maximum Gasteiger partial charge on any atom is 0.330 e. The molecule has 3 heterocycles. The summed E-state index contributed by atoms with van der Waals surface area (Å²) in [6, 6.07) is 0. The third-order valence-corrected chi connectivity index (χ3v) is 12.5. The summed E-state index contributed by atoms with van der Waals surface area (Å²) in [4.78, 5) is 65.1. The number of cyclic esters (lactones) is 2. The number of hydrogen-bond donors (Lipinski definition) is 3. The van der Waals surface area contributed by atoms with E-state index in [0.717, 1.165) is 25.3 Å². The molecule has 0 saturated carbocycles. The molecule has 0 radical (unpaired) electrons. The van der Waals surface area contributed by atoms with Gasteiger partial charge in [-0.25, -0.2) is 4.79 Å². The van der Waals surface area contributed by atoms with E-state index in [-0.39, 0.29) is 64.3 Å². The second kappa shape index (κ2) is 28.8. The maximum absolute atomic E-state index is 13.4. The van der Waals surface area contributed by atoms with Gasteiger partial charge < -0.3 is 53.2 Å². The van der Waals surface area contributed by atoms with Crippen LogP contribution in [0.3, 0.4) is 0 Å². The molecule has 0 unspecified atom stereocenters. The summed E-state index contributed by atoms with van der Waals surface area (Å²) in [6.07, 6.45) is 7.44. The number of unbranched alkanes of at least 4 members (excludes halogenated alkanes) is 10. The van der Waals surface area contributed by atoms with Gasteiger partial charge in [0.2, 0.25) is 5.79 Å². The van der Waals surface area contributed by atoms with Gasteiger partial charge in [0.05, 0.1) is 57.6 Å². The average Bonchev–Trinajstić information content (AvgIpc) is 3.24. The molecular weight excluding hydrogens is 857 g/mol. The minimum Gasteiger partial charge on any atom is -0.466 e. The standard InChI is InChI=1S/C49H80O16.CH4/c1-9-11-12-13-14-15-16-17-18-19-20-21-41(53)60-32-47(4,5)39-31-36-23-25-59-45(61-36)22-24-48(6,7)49(57)46(64-40(52)10-2)34(27-42(54)58-8)26-37(65-49)30-38(33(3)50)62-43(55)28-35(51)29-44(56)63-39;/h22,24,27,33,35-39,45-46,50-51,57H,9-21,23,25-26,28-32H2,1-8H3;1H4/b24-22+,34-27+;/t33-,35+,36+,37+,38-,39+,45+,46+,49-;/m1./s1. The van der Waals surface area contributed by atoms with Gasteiger partial charge >= 0.3 is 29.8 Å². The van der Waals surface area contributed by atoms with Crippen LogP contribution in [0.5, 0.6) is 0 Å². The van der Waals surface area contributed by atoms with Crippen LogP contribution in [0.1, 0.15) is 178 Å². The number of aliphatic hydroxyl groups excluding tert-OH is 2. The van der Waals surface area contributed by atoms with E-state index in [1.165, 1.54) is 59.0 Å². The molecule has 4 bridgehead atoms. The van der Waals surface area contributed by atoms with Crippen LogP contribution in [-0.4, -0.2) is 120 Å². The number of methoxy groups -OCH3 is 1. The number of ether oxygens (including phenoxy) is 8. The molecule has 3 N–H and O–H groups in total. The molecule has 66 heavy (non-hydrogen) atoms. The van der Waals surface area contributed by atoms with E-state index in [9.17, 15) is 39.3 Å². The van der Waals surface area contributed by atoms with E-state index in [2.05, 4.69) is 6.92 Å². The van der Waals surface area contributed by atoms with Gasteiger partial charge in [-0.2, -0.15) is 0 Å². The lowest BCUT2D eigenvalue weighted by atomic mass is 9.74. The smallest absolute Gasteiger partial charge is 0.330 e. The monoisotopic (exact) mass is 941 g/mol. The molecule has 3 aliphatic heterocycles. The van der Waals surface area contributed by atoms with Crippen molar-refractivity contribution in [3.05, 3.63) is 23.8 Å². The number of carbonyl (C=O) groups is 5. The molecule has 16 nitrogen and oxygen atoms in total. The second-order valence-corrected chi connectivity index (χ2v) is 19.2. The van der Waals surface area contributed by atoms with Crippen LogP contribution >= 0.6 is 0 Å². The zero-order chi connectivity index (χ0) is 48.2. The van der Waals surface area contributed by atoms with Crippen LogP contribution in [0.4, 0.5) is 0 Å². The lowest BCUT2D eigenvalue weighted by molar-refractivity contribution is -0.327. The summed E-state index contributed by atoms with van der Waals surface area (Å²) in [6.45, 7) is 12.3. The van der Waals surface area contributed by atoms with Crippen LogP contribution < -0.4 is 0 Å². The molecule has 2 fully saturated rings. The van der Waals surface area contributed by atoms with Crippen molar-refractivity contribution < 1.29 is 77.2 Å². The molecule has 0 aromatic rings. The van der Waals surface area contributed by atoms with Crippen LogP contribution in [-0.2, 0) is 61.9 Å². The Bertz CT molecular complexity index is 1570. The maximum atomic E-state index is 13.4. The highest BCUT2D eigenvalue weighted by Gasteiger charge is 2.57. The molecule has 3 rings (SSSR count). The van der Waals surface area contributed by atoms with Crippen LogP contribution in [0, 0.1) is 10.8 Å². The van der Waals surface area contributed by atoms with Gasteiger partial charge in [0.15, 0.2) is 12.4 Å². The lowest BCUT2D eigenvalue weighted by Crippen LogP contribution is -2.62. The minimum atomic E-state index is -2.36. The Labute approximate surface area is 393 Å². The Balaban J connectivity index is 0.0000150. The number of carbonyl (C=O) groups excluding carboxylic acids is 5. The highest BCUT2D eigenvalue weighted by Crippen LogP contribution is 2.47. The quantitative estimate of drug-likeness (QED) is 0.0372. The predicted molar refractivity (Wildman–Crippen MR) is 245 cm³/mol. The van der Waals surface area contributed by atoms with Gasteiger partial charge in [-0.15, -0.1) is 0 Å². The second-order valence-electron chi connectivity index (χ2n) is 19.2. The summed E-state index contributed by atoms with van der Waals surface area (Å²) in [7, 11) is 1.18. The fourth-order valence-corrected chi connectivity index (χ4v) is 8.25. The van der Waals surface area contributed by atoms with Gasteiger partial charge in [-0.05, 0) is 37.8 Å². The molecule has 0 aromatic carbocycles. The summed E-state index contributed by atoms with van der Waals surface area (Å²) in [5.74, 6) is -5.88. The number of esters is 5. The molecule has 16 heteroatoms. The number of rotatable bonds is 19. The summed E-state index contributed by atoms with van der Waals surface area (Å²) >= 11 is 0. The first-order valence-electron chi connectivity index (χ1n) is 24.0. The lowest BCUT2D eigenvalue weighted by Gasteiger charge is -2.51. The molecule has 3 aliphatic rings. The normalized spacial score (nSPS) is 29.3. The molecule has 0 aliphatic carbocycles. The van der Waals surface area contributed by atoms with E-state index in [1.54, 1.807) is 32.9 Å². The van der Waals surface area contributed by atoms with Crippen molar-refractivity contribution in [2.24, 2.45) is 10.8 Å². The number of fused-ring (bicyclic) bond motifs is 4. The highest BCUT2D eigenvalue weighted by molar-refractivity contribution is 5.83. The molecule has 2 saturated heterocycles. The van der Waals surface area contributed by atoms with Crippen LogP contribution in [0.25, 0.3) is 0 Å². The van der Waals surface area contributed by atoms with E-state index in [1.807, 2.05) is 13.8 Å². The summed E-state index contributed by atoms with van der Waals surface area (Å²) in [5.41, 5.74) is -2.18. The molecule has 0 spiro atoms. The molecular formula is C50H84O16. The fraction of sp³-hybridized carbons (Fsp3) is 0.820. The van der Waals surface area contributed by atoms with Gasteiger partial charge in [0.1, 0.15) is 12.2 Å². The van der Waals surface area contributed by atoms with Gasteiger partial charge in [-0.1, -0.05) is 119 Å². The number of aliphatic hydroxyl groups is 3.